The van der Waals surface area contributed by atoms with Crippen molar-refractivity contribution in [1.82, 2.24) is 15.2 Å². The Morgan fingerprint density at radius 3 is 2.88 bits per heavy atom. The molecule has 0 spiro atoms. The molecule has 1 aliphatic heterocycles. The fourth-order valence-corrected chi connectivity index (χ4v) is 2.32. The van der Waals surface area contributed by atoms with Crippen LogP contribution in [0.5, 0.6) is 0 Å². The van der Waals surface area contributed by atoms with Gasteiger partial charge in [-0.05, 0) is 44.1 Å². The topological polar surface area (TPSA) is 48.4 Å². The maximum Gasteiger partial charge on any atom is 0.0909 e. The van der Waals surface area contributed by atoms with Gasteiger partial charge in [-0.25, -0.2) is 0 Å². The first-order valence-corrected chi connectivity index (χ1v) is 6.19. The van der Waals surface area contributed by atoms with Crippen molar-refractivity contribution >= 4 is 0 Å². The van der Waals surface area contributed by atoms with Crippen LogP contribution < -0.4 is 5.32 Å². The van der Waals surface area contributed by atoms with Gasteiger partial charge in [-0.2, -0.15) is 0 Å². The van der Waals surface area contributed by atoms with E-state index in [2.05, 4.69) is 22.2 Å². The highest BCUT2D eigenvalue weighted by Gasteiger charge is 2.31. The molecular weight excluding hydrogens is 214 g/mol. The first kappa shape index (κ1) is 12.5. The molecule has 0 aliphatic carbocycles. The molecule has 1 aromatic rings. The molecule has 2 N–H and O–H groups in total. The van der Waals surface area contributed by atoms with Crippen molar-refractivity contribution in [1.29, 1.82) is 0 Å². The summed E-state index contributed by atoms with van der Waals surface area (Å²) in [6.45, 7) is 3.35. The van der Waals surface area contributed by atoms with E-state index in [-0.39, 0.29) is 0 Å². The van der Waals surface area contributed by atoms with Crippen LogP contribution in [0, 0.1) is 0 Å². The Kier molecular flexibility index (Phi) is 4.10. The van der Waals surface area contributed by atoms with E-state index in [4.69, 9.17) is 0 Å². The fourth-order valence-electron chi connectivity index (χ4n) is 2.32. The Balaban J connectivity index is 1.76. The summed E-state index contributed by atoms with van der Waals surface area (Å²) < 4.78 is 0. The second kappa shape index (κ2) is 5.58. The Bertz CT molecular complexity index is 336. The van der Waals surface area contributed by atoms with Crippen molar-refractivity contribution in [3.63, 3.8) is 0 Å². The van der Waals surface area contributed by atoms with Crippen LogP contribution in [0.25, 0.3) is 0 Å². The van der Waals surface area contributed by atoms with Gasteiger partial charge in [0, 0.05) is 32.0 Å². The number of rotatable bonds is 5. The highest BCUT2D eigenvalue weighted by molar-refractivity contribution is 5.09. The quantitative estimate of drug-likeness (QED) is 0.769. The SMILES string of the molecule is CN(CCc1ccncc1)CC1(O)CCNC1. The summed E-state index contributed by atoms with van der Waals surface area (Å²) >= 11 is 0. The first-order valence-electron chi connectivity index (χ1n) is 6.19. The van der Waals surface area contributed by atoms with E-state index < -0.39 is 5.60 Å². The number of hydrogen-bond donors (Lipinski definition) is 2. The van der Waals surface area contributed by atoms with Crippen LogP contribution in [0.2, 0.25) is 0 Å². The van der Waals surface area contributed by atoms with Gasteiger partial charge in [-0.1, -0.05) is 0 Å². The van der Waals surface area contributed by atoms with E-state index in [1.165, 1.54) is 5.56 Å². The third-order valence-corrected chi connectivity index (χ3v) is 3.32. The number of pyridine rings is 1. The molecule has 1 aliphatic rings. The van der Waals surface area contributed by atoms with E-state index in [0.29, 0.717) is 6.54 Å². The van der Waals surface area contributed by atoms with Gasteiger partial charge >= 0.3 is 0 Å². The molecule has 0 bridgehead atoms. The van der Waals surface area contributed by atoms with Gasteiger partial charge in [0.15, 0.2) is 0 Å². The second-order valence-corrected chi connectivity index (χ2v) is 4.99. The molecular formula is C13H21N3O. The summed E-state index contributed by atoms with van der Waals surface area (Å²) in [6.07, 6.45) is 5.50. The molecule has 1 unspecified atom stereocenters. The van der Waals surface area contributed by atoms with Crippen LogP contribution in [0.1, 0.15) is 12.0 Å². The van der Waals surface area contributed by atoms with Crippen LogP contribution in [0.3, 0.4) is 0 Å². The Hall–Kier alpha value is -0.970. The number of aliphatic hydroxyl groups is 1. The predicted octanol–water partition coefficient (Wildman–Crippen LogP) is 0.280. The first-order chi connectivity index (χ1) is 8.18. The standard InChI is InChI=1S/C13H21N3O/c1-16(11-13(17)5-8-15-10-13)9-4-12-2-6-14-7-3-12/h2-3,6-7,15,17H,4-5,8-11H2,1H3. The van der Waals surface area contributed by atoms with Gasteiger partial charge in [0.25, 0.3) is 0 Å². The lowest BCUT2D eigenvalue weighted by Crippen LogP contribution is -2.43. The molecule has 0 aromatic carbocycles. The van der Waals surface area contributed by atoms with Crippen molar-refractivity contribution in [2.45, 2.75) is 18.4 Å². The van der Waals surface area contributed by atoms with Crippen molar-refractivity contribution in [2.24, 2.45) is 0 Å². The lowest BCUT2D eigenvalue weighted by atomic mass is 10.0. The summed E-state index contributed by atoms with van der Waals surface area (Å²) in [4.78, 5) is 6.21. The molecule has 1 saturated heterocycles. The largest absolute Gasteiger partial charge is 0.387 e. The van der Waals surface area contributed by atoms with Crippen LogP contribution in [0.4, 0.5) is 0 Å². The van der Waals surface area contributed by atoms with Gasteiger partial charge < -0.3 is 15.3 Å². The van der Waals surface area contributed by atoms with E-state index in [1.807, 2.05) is 24.5 Å². The van der Waals surface area contributed by atoms with Gasteiger partial charge in [0.05, 0.1) is 5.60 Å². The molecule has 0 saturated carbocycles. The molecule has 0 amide bonds. The summed E-state index contributed by atoms with van der Waals surface area (Å²) in [6, 6.07) is 4.08. The number of hydrogen-bond acceptors (Lipinski definition) is 4. The van der Waals surface area contributed by atoms with Gasteiger partial charge in [0.1, 0.15) is 0 Å². The van der Waals surface area contributed by atoms with Crippen LogP contribution >= 0.6 is 0 Å². The van der Waals surface area contributed by atoms with E-state index in [0.717, 1.165) is 32.5 Å². The van der Waals surface area contributed by atoms with Gasteiger partial charge in [-0.3, -0.25) is 4.98 Å². The van der Waals surface area contributed by atoms with Crippen molar-refractivity contribution in [3.8, 4) is 0 Å². The second-order valence-electron chi connectivity index (χ2n) is 4.99. The molecule has 17 heavy (non-hydrogen) atoms. The van der Waals surface area contributed by atoms with E-state index in [9.17, 15) is 5.11 Å². The highest BCUT2D eigenvalue weighted by atomic mass is 16.3. The summed E-state index contributed by atoms with van der Waals surface area (Å²) in [5, 5.41) is 13.5. The van der Waals surface area contributed by atoms with Gasteiger partial charge in [-0.15, -0.1) is 0 Å². The van der Waals surface area contributed by atoms with Gasteiger partial charge in [0.2, 0.25) is 0 Å². The molecule has 2 heterocycles. The van der Waals surface area contributed by atoms with Crippen molar-refractivity contribution < 1.29 is 5.11 Å². The number of aromatic nitrogens is 1. The number of nitrogens with one attached hydrogen (secondary N) is 1. The lowest BCUT2D eigenvalue weighted by Gasteiger charge is -2.27. The van der Waals surface area contributed by atoms with E-state index >= 15 is 0 Å². The highest BCUT2D eigenvalue weighted by Crippen LogP contribution is 2.15. The minimum Gasteiger partial charge on any atom is -0.387 e. The Morgan fingerprint density at radius 1 is 1.47 bits per heavy atom. The number of β-amino-alcohol motifs (C(OH)–C–C–N with tert-alkyl or cyclic N) is 1. The zero-order valence-corrected chi connectivity index (χ0v) is 10.4. The third-order valence-electron chi connectivity index (χ3n) is 3.32. The monoisotopic (exact) mass is 235 g/mol. The van der Waals surface area contributed by atoms with Crippen molar-refractivity contribution in [2.75, 3.05) is 33.2 Å². The molecule has 1 aromatic heterocycles. The van der Waals surface area contributed by atoms with Crippen LogP contribution in [0.15, 0.2) is 24.5 Å². The van der Waals surface area contributed by atoms with Crippen molar-refractivity contribution in [3.05, 3.63) is 30.1 Å². The van der Waals surface area contributed by atoms with Crippen LogP contribution in [-0.4, -0.2) is 53.8 Å². The summed E-state index contributed by atoms with van der Waals surface area (Å²) in [5.41, 5.74) is 0.760. The average molecular weight is 235 g/mol. The molecule has 1 atom stereocenters. The molecule has 4 heteroatoms. The normalized spacial score (nSPS) is 24.4. The average Bonchev–Trinajstić information content (AvgIpc) is 2.74. The van der Waals surface area contributed by atoms with E-state index in [1.54, 1.807) is 0 Å². The molecule has 1 fully saturated rings. The number of nitrogens with zero attached hydrogens (tertiary/aromatic N) is 2. The zero-order chi connectivity index (χ0) is 12.1. The summed E-state index contributed by atoms with van der Waals surface area (Å²) in [7, 11) is 2.07. The minimum absolute atomic E-state index is 0.535. The molecule has 2 rings (SSSR count). The maximum atomic E-state index is 10.2. The lowest BCUT2D eigenvalue weighted by molar-refractivity contribution is 0.0287. The molecule has 4 nitrogen and oxygen atoms in total. The molecule has 0 radical (unpaired) electrons. The Morgan fingerprint density at radius 2 is 2.24 bits per heavy atom. The Labute approximate surface area is 103 Å². The third kappa shape index (κ3) is 3.77. The zero-order valence-electron chi connectivity index (χ0n) is 10.4. The minimum atomic E-state index is -0.535. The number of likely N-dealkylation sites (N-methyl/N-ethyl adjacent to an activating group) is 1. The molecule has 94 valence electrons. The summed E-state index contributed by atoms with van der Waals surface area (Å²) in [5.74, 6) is 0. The smallest absolute Gasteiger partial charge is 0.0909 e. The predicted molar refractivity (Wildman–Crippen MR) is 67.9 cm³/mol. The fraction of sp³-hybridized carbons (Fsp3) is 0.615. The maximum absolute atomic E-state index is 10.2. The van der Waals surface area contributed by atoms with Crippen LogP contribution in [-0.2, 0) is 6.42 Å².